The van der Waals surface area contributed by atoms with E-state index in [2.05, 4.69) is 13.8 Å². The summed E-state index contributed by atoms with van der Waals surface area (Å²) < 4.78 is 34.3. The fourth-order valence-corrected chi connectivity index (χ4v) is 4.55. The Morgan fingerprint density at radius 3 is 1.34 bits per heavy atom. The largest absolute Gasteiger partial charge is 0.726 e. The summed E-state index contributed by atoms with van der Waals surface area (Å²) in [5, 5.41) is 0. The van der Waals surface area contributed by atoms with Crippen molar-refractivity contribution in [1.82, 2.24) is 0 Å². The molecule has 0 aromatic heterocycles. The van der Waals surface area contributed by atoms with Gasteiger partial charge in [0.05, 0.1) is 26.2 Å². The van der Waals surface area contributed by atoms with E-state index in [9.17, 15) is 0 Å². The standard InChI is InChI=1S/C23H48N.H2O4S/c1-3-5-7-9-10-11-12-13-14-17-21-24(20-16-8-6-4-2)22-18-15-19-23-24;1-5(2,3)4/h3-23H2,1-2H3;(H2,1,2,3,4)/q+1;/p-1. The lowest BCUT2D eigenvalue weighted by atomic mass is 10.0. The van der Waals surface area contributed by atoms with Gasteiger partial charge in [-0.1, -0.05) is 78.1 Å². The molecule has 5 nitrogen and oxygen atoms in total. The molecule has 1 N–H and O–H groups in total. The van der Waals surface area contributed by atoms with Crippen LogP contribution in [0.15, 0.2) is 0 Å². The number of hydrogen-bond acceptors (Lipinski definition) is 3. The van der Waals surface area contributed by atoms with Crippen LogP contribution in [0.2, 0.25) is 0 Å². The Morgan fingerprint density at radius 1 is 0.655 bits per heavy atom. The Balaban J connectivity index is 0.00000139. The highest BCUT2D eigenvalue weighted by Gasteiger charge is 2.28. The number of rotatable bonds is 16. The lowest BCUT2D eigenvalue weighted by molar-refractivity contribution is -0.932. The van der Waals surface area contributed by atoms with Crippen molar-refractivity contribution in [1.29, 1.82) is 0 Å². The van der Waals surface area contributed by atoms with Crippen LogP contribution < -0.4 is 0 Å². The van der Waals surface area contributed by atoms with E-state index in [1.807, 2.05) is 0 Å². The number of quaternary nitrogens is 1. The second-order valence-electron chi connectivity index (χ2n) is 8.97. The summed E-state index contributed by atoms with van der Waals surface area (Å²) in [4.78, 5) is 0. The van der Waals surface area contributed by atoms with Crippen molar-refractivity contribution in [3.8, 4) is 0 Å². The van der Waals surface area contributed by atoms with Crippen LogP contribution in [0.25, 0.3) is 0 Å². The van der Waals surface area contributed by atoms with Gasteiger partial charge in [0.15, 0.2) is 0 Å². The maximum Gasteiger partial charge on any atom is 0.215 e. The molecule has 6 heteroatoms. The number of unbranched alkanes of at least 4 members (excludes halogenated alkanes) is 12. The third-order valence-corrected chi connectivity index (χ3v) is 6.24. The van der Waals surface area contributed by atoms with Crippen LogP contribution in [0, 0.1) is 0 Å². The minimum absolute atomic E-state index is 1.37. The zero-order valence-corrected chi connectivity index (χ0v) is 20.2. The van der Waals surface area contributed by atoms with Gasteiger partial charge in [0.2, 0.25) is 10.4 Å². The van der Waals surface area contributed by atoms with Crippen LogP contribution in [-0.4, -0.2) is 48.2 Å². The summed E-state index contributed by atoms with van der Waals surface area (Å²) in [6, 6.07) is 0. The van der Waals surface area contributed by atoms with Crippen LogP contribution in [0.1, 0.15) is 123 Å². The summed E-state index contributed by atoms with van der Waals surface area (Å²) in [6.07, 6.45) is 24.9. The maximum atomic E-state index is 8.63. The Morgan fingerprint density at radius 2 is 0.966 bits per heavy atom. The summed E-state index contributed by atoms with van der Waals surface area (Å²) in [6.45, 7) is 10.6. The molecule has 0 aromatic carbocycles. The molecule has 0 aliphatic carbocycles. The molecule has 0 amide bonds. The number of likely N-dealkylation sites (tertiary alicyclic amines) is 1. The fraction of sp³-hybridized carbons (Fsp3) is 1.00. The average Bonchev–Trinajstić information content (AvgIpc) is 2.66. The molecule has 0 aromatic rings. The van der Waals surface area contributed by atoms with Crippen molar-refractivity contribution in [3.63, 3.8) is 0 Å². The maximum absolute atomic E-state index is 8.63. The highest BCUT2D eigenvalue weighted by molar-refractivity contribution is 7.79. The van der Waals surface area contributed by atoms with Crippen molar-refractivity contribution in [2.24, 2.45) is 0 Å². The summed E-state index contributed by atoms with van der Waals surface area (Å²) in [5.41, 5.74) is 0. The molecule has 1 rings (SSSR count). The SMILES string of the molecule is CCCCCCCCCCCC[N+]1(CCCCCC)CCCCC1.O=S(=O)([O-])O. The quantitative estimate of drug-likeness (QED) is 0.130. The van der Waals surface area contributed by atoms with Gasteiger partial charge in [0.25, 0.3) is 0 Å². The van der Waals surface area contributed by atoms with Crippen LogP contribution in [-0.2, 0) is 10.4 Å². The van der Waals surface area contributed by atoms with E-state index >= 15 is 0 Å². The van der Waals surface area contributed by atoms with Crippen molar-refractivity contribution in [2.45, 2.75) is 123 Å². The van der Waals surface area contributed by atoms with Gasteiger partial charge in [-0.3, -0.25) is 4.55 Å². The van der Waals surface area contributed by atoms with E-state index in [1.54, 1.807) is 0 Å². The van der Waals surface area contributed by atoms with E-state index in [4.69, 9.17) is 17.5 Å². The molecule has 1 aliphatic heterocycles. The molecule has 0 radical (unpaired) electrons. The first kappa shape index (κ1) is 28.8. The number of piperidine rings is 1. The number of nitrogens with zero attached hydrogens (tertiary/aromatic N) is 1. The van der Waals surface area contributed by atoms with Gasteiger partial charge in [0.1, 0.15) is 0 Å². The highest BCUT2D eigenvalue weighted by Crippen LogP contribution is 2.22. The summed E-state index contributed by atoms with van der Waals surface area (Å²) in [5.74, 6) is 0. The Kier molecular flexibility index (Phi) is 18.5. The van der Waals surface area contributed by atoms with Crippen molar-refractivity contribution >= 4 is 10.4 Å². The van der Waals surface area contributed by atoms with E-state index in [1.165, 1.54) is 140 Å². The highest BCUT2D eigenvalue weighted by atomic mass is 32.3. The predicted octanol–water partition coefficient (Wildman–Crippen LogP) is 6.49. The van der Waals surface area contributed by atoms with E-state index in [0.29, 0.717) is 0 Å². The molecule has 0 saturated carbocycles. The van der Waals surface area contributed by atoms with Gasteiger partial charge in [0, 0.05) is 0 Å². The van der Waals surface area contributed by atoms with Gasteiger partial charge in [-0.15, -0.1) is 0 Å². The minimum atomic E-state index is -4.92. The summed E-state index contributed by atoms with van der Waals surface area (Å²) in [7, 11) is -4.92. The van der Waals surface area contributed by atoms with Gasteiger partial charge >= 0.3 is 0 Å². The van der Waals surface area contributed by atoms with Gasteiger partial charge in [-0.25, -0.2) is 8.42 Å². The van der Waals surface area contributed by atoms with E-state index in [-0.39, 0.29) is 0 Å². The molecule has 0 spiro atoms. The molecule has 176 valence electrons. The first-order valence-corrected chi connectivity index (χ1v) is 13.7. The molecular formula is C23H49NO4S. The lowest BCUT2D eigenvalue weighted by Crippen LogP contribution is -2.52. The average molecular weight is 436 g/mol. The molecule has 1 heterocycles. The molecular weight excluding hydrogens is 386 g/mol. The summed E-state index contributed by atoms with van der Waals surface area (Å²) >= 11 is 0. The zero-order chi connectivity index (χ0) is 21.8. The van der Waals surface area contributed by atoms with Gasteiger partial charge in [-0.2, -0.15) is 0 Å². The Bertz CT molecular complexity index is 440. The Labute approximate surface area is 181 Å². The fourth-order valence-electron chi connectivity index (χ4n) is 4.55. The minimum Gasteiger partial charge on any atom is -0.726 e. The van der Waals surface area contributed by atoms with Crippen LogP contribution >= 0.6 is 0 Å². The van der Waals surface area contributed by atoms with Gasteiger partial charge < -0.3 is 9.04 Å². The second kappa shape index (κ2) is 18.6. The topological polar surface area (TPSA) is 77.4 Å². The lowest BCUT2D eigenvalue weighted by Gasteiger charge is -2.42. The van der Waals surface area contributed by atoms with Crippen LogP contribution in [0.3, 0.4) is 0 Å². The molecule has 0 bridgehead atoms. The van der Waals surface area contributed by atoms with Crippen LogP contribution in [0.4, 0.5) is 0 Å². The first-order valence-electron chi connectivity index (χ1n) is 12.4. The monoisotopic (exact) mass is 435 g/mol. The molecule has 1 saturated heterocycles. The molecule has 1 aliphatic rings. The predicted molar refractivity (Wildman–Crippen MR) is 122 cm³/mol. The smallest absolute Gasteiger partial charge is 0.215 e. The van der Waals surface area contributed by atoms with Gasteiger partial charge in [-0.05, 0) is 44.9 Å². The first-order chi connectivity index (χ1) is 13.8. The van der Waals surface area contributed by atoms with Crippen LogP contribution in [0.5, 0.6) is 0 Å². The second-order valence-corrected chi connectivity index (χ2v) is 9.82. The Hall–Kier alpha value is -0.170. The van der Waals surface area contributed by atoms with Crippen molar-refractivity contribution in [2.75, 3.05) is 26.2 Å². The number of hydrogen-bond donors (Lipinski definition) is 1. The van der Waals surface area contributed by atoms with E-state index < -0.39 is 10.4 Å². The zero-order valence-electron chi connectivity index (χ0n) is 19.4. The molecule has 29 heavy (non-hydrogen) atoms. The molecule has 0 atom stereocenters. The third kappa shape index (κ3) is 20.9. The molecule has 1 fully saturated rings. The normalized spacial score (nSPS) is 16.3. The molecule has 0 unspecified atom stereocenters. The third-order valence-electron chi connectivity index (χ3n) is 6.24. The van der Waals surface area contributed by atoms with E-state index in [0.717, 1.165) is 0 Å². The van der Waals surface area contributed by atoms with Crippen molar-refractivity contribution < 1.29 is 22.0 Å². The van der Waals surface area contributed by atoms with Crippen molar-refractivity contribution in [3.05, 3.63) is 0 Å².